The second-order valence-corrected chi connectivity index (χ2v) is 5.96. The summed E-state index contributed by atoms with van der Waals surface area (Å²) in [7, 11) is 0. The van der Waals surface area contributed by atoms with E-state index in [0.29, 0.717) is 10.0 Å². The van der Waals surface area contributed by atoms with Gasteiger partial charge in [-0.3, -0.25) is 4.79 Å². The van der Waals surface area contributed by atoms with E-state index in [0.717, 1.165) is 41.8 Å². The van der Waals surface area contributed by atoms with Gasteiger partial charge in [0.05, 0.1) is 10.0 Å². The lowest BCUT2D eigenvalue weighted by Gasteiger charge is -2.20. The van der Waals surface area contributed by atoms with Crippen molar-refractivity contribution in [3.05, 3.63) is 63.1 Å². The molecular formula is C17H15Cl2NO. The van der Waals surface area contributed by atoms with Crippen LogP contribution in [-0.2, 0) is 12.8 Å². The fourth-order valence-electron chi connectivity index (χ4n) is 2.72. The Balaban J connectivity index is 1.91. The number of rotatable bonds is 3. The van der Waals surface area contributed by atoms with Crippen LogP contribution in [0.4, 0.5) is 5.69 Å². The normalized spacial score (nSPS) is 13.4. The molecule has 108 valence electrons. The number of carbonyl (C=O) groups is 1. The summed E-state index contributed by atoms with van der Waals surface area (Å²) in [5.41, 5.74) is 3.75. The largest absolute Gasteiger partial charge is 0.385 e. The average Bonchev–Trinajstić information content (AvgIpc) is 2.51. The van der Waals surface area contributed by atoms with Crippen molar-refractivity contribution in [2.45, 2.75) is 19.3 Å². The molecule has 1 N–H and O–H groups in total. The molecule has 0 aromatic heterocycles. The van der Waals surface area contributed by atoms with E-state index in [-0.39, 0.29) is 12.2 Å². The van der Waals surface area contributed by atoms with Gasteiger partial charge in [0.2, 0.25) is 0 Å². The van der Waals surface area contributed by atoms with Crippen LogP contribution in [0.15, 0.2) is 36.4 Å². The van der Waals surface area contributed by atoms with E-state index in [1.165, 1.54) is 0 Å². The van der Waals surface area contributed by atoms with Gasteiger partial charge in [-0.05, 0) is 36.1 Å². The molecule has 0 aliphatic carbocycles. The summed E-state index contributed by atoms with van der Waals surface area (Å²) >= 11 is 12.2. The first-order valence-electron chi connectivity index (χ1n) is 6.98. The van der Waals surface area contributed by atoms with E-state index >= 15 is 0 Å². The third-order valence-electron chi connectivity index (χ3n) is 3.78. The highest BCUT2D eigenvalue weighted by Gasteiger charge is 2.18. The van der Waals surface area contributed by atoms with Gasteiger partial charge >= 0.3 is 0 Å². The number of hydrogen-bond acceptors (Lipinski definition) is 2. The summed E-state index contributed by atoms with van der Waals surface area (Å²) in [6.45, 7) is 0.963. The smallest absolute Gasteiger partial charge is 0.167 e. The van der Waals surface area contributed by atoms with Crippen LogP contribution in [0.2, 0.25) is 10.0 Å². The predicted octanol–water partition coefficient (Wildman–Crippen LogP) is 4.78. The van der Waals surface area contributed by atoms with Crippen LogP contribution >= 0.6 is 23.2 Å². The second-order valence-electron chi connectivity index (χ2n) is 5.17. The van der Waals surface area contributed by atoms with E-state index in [1.54, 1.807) is 6.07 Å². The molecule has 2 aromatic rings. The van der Waals surface area contributed by atoms with Crippen molar-refractivity contribution < 1.29 is 4.79 Å². The summed E-state index contributed by atoms with van der Waals surface area (Å²) in [5.74, 6) is 0.0831. The van der Waals surface area contributed by atoms with Crippen LogP contribution in [0, 0.1) is 0 Å². The fraction of sp³-hybridized carbons (Fsp3) is 0.235. The number of ketones is 1. The van der Waals surface area contributed by atoms with Gasteiger partial charge < -0.3 is 5.32 Å². The molecule has 0 saturated heterocycles. The molecule has 0 saturated carbocycles. The molecule has 21 heavy (non-hydrogen) atoms. The maximum atomic E-state index is 12.6. The molecule has 2 nitrogen and oxygen atoms in total. The van der Waals surface area contributed by atoms with Crippen molar-refractivity contribution in [2.24, 2.45) is 0 Å². The van der Waals surface area contributed by atoms with Gasteiger partial charge in [0, 0.05) is 24.2 Å². The Kier molecular flexibility index (Phi) is 4.18. The van der Waals surface area contributed by atoms with Crippen molar-refractivity contribution in [1.29, 1.82) is 0 Å². The summed E-state index contributed by atoms with van der Waals surface area (Å²) in [4.78, 5) is 12.6. The lowest BCUT2D eigenvalue weighted by molar-refractivity contribution is 0.0992. The van der Waals surface area contributed by atoms with Crippen molar-refractivity contribution >= 4 is 34.7 Å². The number of nitrogens with one attached hydrogen (secondary N) is 1. The van der Waals surface area contributed by atoms with Gasteiger partial charge in [-0.25, -0.2) is 0 Å². The zero-order chi connectivity index (χ0) is 14.8. The van der Waals surface area contributed by atoms with E-state index < -0.39 is 0 Å². The topological polar surface area (TPSA) is 29.1 Å². The molecule has 0 atom stereocenters. The van der Waals surface area contributed by atoms with Crippen molar-refractivity contribution in [2.75, 3.05) is 11.9 Å². The molecule has 1 heterocycles. The van der Waals surface area contributed by atoms with Crippen molar-refractivity contribution in [1.82, 2.24) is 0 Å². The highest BCUT2D eigenvalue weighted by atomic mass is 35.5. The first-order valence-corrected chi connectivity index (χ1v) is 7.74. The van der Waals surface area contributed by atoms with Crippen LogP contribution in [-0.4, -0.2) is 12.3 Å². The lowest BCUT2D eigenvalue weighted by atomic mass is 9.93. The second kappa shape index (κ2) is 6.08. The summed E-state index contributed by atoms with van der Waals surface area (Å²) in [5, 5.41) is 4.30. The number of hydrogen-bond donors (Lipinski definition) is 1. The van der Waals surface area contributed by atoms with Crippen molar-refractivity contribution in [3.8, 4) is 0 Å². The Morgan fingerprint density at radius 3 is 2.81 bits per heavy atom. The van der Waals surface area contributed by atoms with Crippen LogP contribution in [0.5, 0.6) is 0 Å². The maximum absolute atomic E-state index is 12.6. The van der Waals surface area contributed by atoms with Crippen LogP contribution in [0.25, 0.3) is 0 Å². The van der Waals surface area contributed by atoms with Crippen LogP contribution in [0.1, 0.15) is 27.9 Å². The molecule has 0 bridgehead atoms. The zero-order valence-corrected chi connectivity index (χ0v) is 13.0. The molecule has 0 amide bonds. The summed E-state index contributed by atoms with van der Waals surface area (Å²) in [6.07, 6.45) is 2.26. The van der Waals surface area contributed by atoms with Crippen molar-refractivity contribution in [3.63, 3.8) is 0 Å². The molecule has 1 aliphatic rings. The Bertz CT molecular complexity index is 697. The van der Waals surface area contributed by atoms with Gasteiger partial charge in [-0.15, -0.1) is 0 Å². The number of carbonyl (C=O) groups excluding carboxylic acids is 1. The maximum Gasteiger partial charge on any atom is 0.167 e. The van der Waals surface area contributed by atoms with Gasteiger partial charge in [0.1, 0.15) is 0 Å². The van der Waals surface area contributed by atoms with E-state index in [9.17, 15) is 4.79 Å². The molecular weight excluding hydrogens is 305 g/mol. The minimum absolute atomic E-state index is 0.0831. The Hall–Kier alpha value is -1.51. The molecule has 4 heteroatoms. The molecule has 1 aliphatic heterocycles. The average molecular weight is 320 g/mol. The van der Waals surface area contributed by atoms with Crippen LogP contribution < -0.4 is 5.32 Å². The number of anilines is 1. The monoisotopic (exact) mass is 319 g/mol. The first-order chi connectivity index (χ1) is 10.2. The number of halogens is 2. The SMILES string of the molecule is O=C(Cc1cccc(Cl)c1Cl)c1cccc2c1CCCN2. The van der Waals surface area contributed by atoms with Gasteiger partial charge in [-0.1, -0.05) is 47.5 Å². The van der Waals surface area contributed by atoms with E-state index in [2.05, 4.69) is 5.32 Å². The summed E-state index contributed by atoms with van der Waals surface area (Å²) < 4.78 is 0. The third-order valence-corrected chi connectivity index (χ3v) is 4.64. The van der Waals surface area contributed by atoms with E-state index in [1.807, 2.05) is 30.3 Å². The van der Waals surface area contributed by atoms with E-state index in [4.69, 9.17) is 23.2 Å². The Morgan fingerprint density at radius 2 is 1.95 bits per heavy atom. The molecule has 2 aromatic carbocycles. The third kappa shape index (κ3) is 2.92. The standard InChI is InChI=1S/C17H15Cl2NO/c18-14-7-1-4-11(17(14)19)10-16(21)13-5-2-8-15-12(13)6-3-9-20-15/h1-2,4-5,7-8,20H,3,6,9-10H2. The molecule has 0 fully saturated rings. The predicted molar refractivity (Wildman–Crippen MR) is 87.7 cm³/mol. The van der Waals surface area contributed by atoms with Crippen LogP contribution in [0.3, 0.4) is 0 Å². The van der Waals surface area contributed by atoms with Gasteiger partial charge in [0.15, 0.2) is 5.78 Å². The molecule has 0 spiro atoms. The Labute approximate surface area is 134 Å². The summed E-state index contributed by atoms with van der Waals surface area (Å²) in [6, 6.07) is 11.2. The minimum atomic E-state index is 0.0831. The minimum Gasteiger partial charge on any atom is -0.385 e. The number of benzene rings is 2. The number of Topliss-reactive ketones (excluding diaryl/α,β-unsaturated/α-hetero) is 1. The first kappa shape index (κ1) is 14.4. The fourth-order valence-corrected chi connectivity index (χ4v) is 3.11. The van der Waals surface area contributed by atoms with Gasteiger partial charge in [-0.2, -0.15) is 0 Å². The highest BCUT2D eigenvalue weighted by Crippen LogP contribution is 2.29. The Morgan fingerprint density at radius 1 is 1.14 bits per heavy atom. The number of fused-ring (bicyclic) bond motifs is 1. The molecule has 0 radical (unpaired) electrons. The zero-order valence-electron chi connectivity index (χ0n) is 11.5. The quantitative estimate of drug-likeness (QED) is 0.825. The van der Waals surface area contributed by atoms with Gasteiger partial charge in [0.25, 0.3) is 0 Å². The molecule has 3 rings (SSSR count). The molecule has 0 unspecified atom stereocenters. The lowest BCUT2D eigenvalue weighted by Crippen LogP contribution is -2.16. The highest BCUT2D eigenvalue weighted by molar-refractivity contribution is 6.42.